The van der Waals surface area contributed by atoms with Crippen molar-refractivity contribution >= 4 is 11.8 Å². The maximum Gasteiger partial charge on any atom is 0.338 e. The summed E-state index contributed by atoms with van der Waals surface area (Å²) in [6, 6.07) is 3.68. The molecule has 5 nitrogen and oxygen atoms in total. The van der Waals surface area contributed by atoms with Crippen molar-refractivity contribution in [2.24, 2.45) is 5.92 Å². The molecule has 1 aliphatic heterocycles. The van der Waals surface area contributed by atoms with Crippen LogP contribution in [0.2, 0.25) is 0 Å². The highest BCUT2D eigenvalue weighted by Crippen LogP contribution is 2.39. The number of pyridine rings is 1. The third-order valence-corrected chi connectivity index (χ3v) is 3.74. The molecule has 0 amide bonds. The first-order valence-electron chi connectivity index (χ1n) is 6.70. The molecule has 3 rings (SSSR count). The number of carbonyl (C=O) groups is 1. The fourth-order valence-corrected chi connectivity index (χ4v) is 2.60. The van der Waals surface area contributed by atoms with Crippen molar-refractivity contribution in [2.75, 3.05) is 19.0 Å². The Labute approximate surface area is 112 Å². The van der Waals surface area contributed by atoms with Crippen molar-refractivity contribution in [3.05, 3.63) is 23.9 Å². The van der Waals surface area contributed by atoms with Gasteiger partial charge in [-0.3, -0.25) is 0 Å². The Kier molecular flexibility index (Phi) is 3.38. The number of hydrogen-bond donors (Lipinski definition) is 1. The van der Waals surface area contributed by atoms with Crippen molar-refractivity contribution in [3.63, 3.8) is 0 Å². The van der Waals surface area contributed by atoms with Gasteiger partial charge in [0.25, 0.3) is 0 Å². The second-order valence-electron chi connectivity index (χ2n) is 5.13. The van der Waals surface area contributed by atoms with Crippen LogP contribution in [0.3, 0.4) is 0 Å². The Morgan fingerprint density at radius 3 is 3.05 bits per heavy atom. The smallest absolute Gasteiger partial charge is 0.338 e. The van der Waals surface area contributed by atoms with Gasteiger partial charge in [-0.05, 0) is 37.3 Å². The fourth-order valence-electron chi connectivity index (χ4n) is 2.60. The Hall–Kier alpha value is -1.62. The Balaban J connectivity index is 1.70. The summed E-state index contributed by atoms with van der Waals surface area (Å²) in [5.74, 6) is 1.07. The van der Waals surface area contributed by atoms with E-state index in [1.807, 2.05) is 0 Å². The van der Waals surface area contributed by atoms with Gasteiger partial charge in [0, 0.05) is 12.8 Å². The molecule has 2 aliphatic rings. The van der Waals surface area contributed by atoms with Crippen LogP contribution in [-0.2, 0) is 9.47 Å². The van der Waals surface area contributed by atoms with Crippen LogP contribution in [0, 0.1) is 5.92 Å². The number of nitrogens with zero attached hydrogens (tertiary/aromatic N) is 1. The van der Waals surface area contributed by atoms with Crippen molar-refractivity contribution in [3.8, 4) is 0 Å². The number of carbonyl (C=O) groups excluding carboxylic acids is 1. The first-order valence-corrected chi connectivity index (χ1v) is 6.70. The average molecular weight is 262 g/mol. The van der Waals surface area contributed by atoms with Crippen LogP contribution < -0.4 is 5.32 Å². The predicted molar refractivity (Wildman–Crippen MR) is 70.1 cm³/mol. The van der Waals surface area contributed by atoms with E-state index in [0.29, 0.717) is 29.4 Å². The highest BCUT2D eigenvalue weighted by molar-refractivity contribution is 5.89. The lowest BCUT2D eigenvalue weighted by Crippen LogP contribution is -2.31. The zero-order chi connectivity index (χ0) is 13.2. The van der Waals surface area contributed by atoms with E-state index in [0.717, 1.165) is 13.0 Å². The minimum absolute atomic E-state index is 0.295. The third kappa shape index (κ3) is 2.71. The summed E-state index contributed by atoms with van der Waals surface area (Å²) in [6.07, 6.45) is 5.43. The molecule has 2 fully saturated rings. The summed E-state index contributed by atoms with van der Waals surface area (Å²) < 4.78 is 10.5. The van der Waals surface area contributed by atoms with Gasteiger partial charge >= 0.3 is 5.97 Å². The zero-order valence-electron chi connectivity index (χ0n) is 11.0. The molecule has 1 N–H and O–H groups in total. The highest BCUT2D eigenvalue weighted by Gasteiger charge is 2.40. The lowest BCUT2D eigenvalue weighted by Gasteiger charge is -2.20. The number of rotatable bonds is 4. The van der Waals surface area contributed by atoms with Gasteiger partial charge in [-0.25, -0.2) is 9.78 Å². The van der Waals surface area contributed by atoms with Gasteiger partial charge in [0.1, 0.15) is 5.82 Å². The molecule has 1 saturated heterocycles. The summed E-state index contributed by atoms with van der Waals surface area (Å²) in [7, 11) is 1.38. The third-order valence-electron chi connectivity index (χ3n) is 3.74. The van der Waals surface area contributed by atoms with Gasteiger partial charge in [0.05, 0.1) is 24.8 Å². The Morgan fingerprint density at radius 1 is 1.47 bits per heavy atom. The van der Waals surface area contributed by atoms with E-state index in [1.165, 1.54) is 20.0 Å². The molecular weight excluding hydrogens is 244 g/mol. The van der Waals surface area contributed by atoms with Crippen LogP contribution in [0.4, 0.5) is 5.82 Å². The molecule has 0 radical (unpaired) electrons. The van der Waals surface area contributed by atoms with E-state index in [-0.39, 0.29) is 5.97 Å². The minimum atomic E-state index is -0.341. The van der Waals surface area contributed by atoms with Gasteiger partial charge < -0.3 is 14.8 Å². The molecule has 0 bridgehead atoms. The van der Waals surface area contributed by atoms with E-state index in [2.05, 4.69) is 10.3 Å². The predicted octanol–water partition coefficient (Wildman–Crippen LogP) is 1.85. The van der Waals surface area contributed by atoms with Crippen LogP contribution in [-0.4, -0.2) is 36.8 Å². The normalized spacial score (nSPS) is 26.2. The van der Waals surface area contributed by atoms with Crippen molar-refractivity contribution < 1.29 is 14.3 Å². The zero-order valence-corrected chi connectivity index (χ0v) is 11.0. The number of anilines is 1. The van der Waals surface area contributed by atoms with Crippen molar-refractivity contribution in [1.29, 1.82) is 0 Å². The quantitative estimate of drug-likeness (QED) is 0.839. The molecule has 2 heterocycles. The number of aromatic nitrogens is 1. The standard InChI is InChI=1S/C14H18N2O3/c1-18-14(17)10-4-6-15-12(8-10)16-11-5-7-19-13(11)9-2-3-9/h4,6,8-9,11,13H,2-3,5,7H2,1H3,(H,15,16). The molecule has 0 aromatic carbocycles. The molecule has 2 atom stereocenters. The molecule has 0 spiro atoms. The molecule has 1 aliphatic carbocycles. The fraction of sp³-hybridized carbons (Fsp3) is 0.571. The van der Waals surface area contributed by atoms with Crippen molar-refractivity contribution in [2.45, 2.75) is 31.4 Å². The number of hydrogen-bond acceptors (Lipinski definition) is 5. The van der Waals surface area contributed by atoms with E-state index >= 15 is 0 Å². The second-order valence-corrected chi connectivity index (χ2v) is 5.13. The Morgan fingerprint density at radius 2 is 2.32 bits per heavy atom. The summed E-state index contributed by atoms with van der Waals surface area (Å²) in [5.41, 5.74) is 0.516. The summed E-state index contributed by atoms with van der Waals surface area (Å²) in [5, 5.41) is 3.39. The largest absolute Gasteiger partial charge is 0.465 e. The number of esters is 1. The molecule has 1 saturated carbocycles. The topological polar surface area (TPSA) is 60.5 Å². The summed E-state index contributed by atoms with van der Waals surface area (Å²) in [6.45, 7) is 0.801. The van der Waals surface area contributed by atoms with E-state index in [9.17, 15) is 4.79 Å². The number of ether oxygens (including phenoxy) is 2. The Bertz CT molecular complexity index is 474. The second kappa shape index (κ2) is 5.17. The van der Waals surface area contributed by atoms with Gasteiger partial charge in [-0.15, -0.1) is 0 Å². The summed E-state index contributed by atoms with van der Waals surface area (Å²) in [4.78, 5) is 15.7. The van der Waals surface area contributed by atoms with Gasteiger partial charge in [-0.2, -0.15) is 0 Å². The first kappa shape index (κ1) is 12.4. The maximum atomic E-state index is 11.5. The van der Waals surface area contributed by atoms with E-state index < -0.39 is 0 Å². The summed E-state index contributed by atoms with van der Waals surface area (Å²) >= 11 is 0. The average Bonchev–Trinajstić information content (AvgIpc) is 3.19. The number of nitrogens with one attached hydrogen (secondary N) is 1. The monoisotopic (exact) mass is 262 g/mol. The van der Waals surface area contributed by atoms with Crippen LogP contribution >= 0.6 is 0 Å². The molecule has 2 unspecified atom stereocenters. The molecular formula is C14H18N2O3. The van der Waals surface area contributed by atoms with Crippen LogP contribution in [0.15, 0.2) is 18.3 Å². The van der Waals surface area contributed by atoms with Gasteiger partial charge in [-0.1, -0.05) is 0 Å². The van der Waals surface area contributed by atoms with Crippen LogP contribution in [0.5, 0.6) is 0 Å². The first-order chi connectivity index (χ1) is 9.28. The highest BCUT2D eigenvalue weighted by atomic mass is 16.5. The van der Waals surface area contributed by atoms with Crippen LogP contribution in [0.1, 0.15) is 29.6 Å². The molecule has 19 heavy (non-hydrogen) atoms. The molecule has 1 aromatic rings. The number of methoxy groups -OCH3 is 1. The molecule has 102 valence electrons. The van der Waals surface area contributed by atoms with Gasteiger partial charge in [0.15, 0.2) is 0 Å². The minimum Gasteiger partial charge on any atom is -0.465 e. The van der Waals surface area contributed by atoms with Crippen LogP contribution in [0.25, 0.3) is 0 Å². The SMILES string of the molecule is COC(=O)c1ccnc(NC2CCOC2C2CC2)c1. The lowest BCUT2D eigenvalue weighted by atomic mass is 10.1. The van der Waals surface area contributed by atoms with Crippen molar-refractivity contribution in [1.82, 2.24) is 4.98 Å². The van der Waals surface area contributed by atoms with Gasteiger partial charge in [0.2, 0.25) is 0 Å². The van der Waals surface area contributed by atoms with E-state index in [1.54, 1.807) is 18.3 Å². The van der Waals surface area contributed by atoms with E-state index in [4.69, 9.17) is 9.47 Å². The lowest BCUT2D eigenvalue weighted by molar-refractivity contribution is 0.0600. The molecule has 1 aromatic heterocycles. The molecule has 5 heteroatoms. The maximum absolute atomic E-state index is 11.5.